The molecule has 0 amide bonds. The molecule has 0 saturated heterocycles. The van der Waals surface area contributed by atoms with Crippen LogP contribution in [0.4, 0.5) is 0 Å². The van der Waals surface area contributed by atoms with Crippen LogP contribution in [0.5, 0.6) is 5.75 Å². The van der Waals surface area contributed by atoms with Gasteiger partial charge in [0.15, 0.2) is 0 Å². The minimum absolute atomic E-state index is 0.000532. The van der Waals surface area contributed by atoms with E-state index in [0.29, 0.717) is 5.75 Å². The monoisotopic (exact) mass is 222 g/mol. The van der Waals surface area contributed by atoms with E-state index < -0.39 is 5.97 Å². The van der Waals surface area contributed by atoms with E-state index in [1.807, 2.05) is 19.1 Å². The van der Waals surface area contributed by atoms with E-state index in [9.17, 15) is 4.79 Å². The summed E-state index contributed by atoms with van der Waals surface area (Å²) in [4.78, 5) is 10.8. The molecule has 5 N–H and O–H groups in total. The SMILES string of the molecule is Cc1ccc(OC2=C(C(=O)O)N[NH2+]N2)cc1. The molecule has 0 saturated carbocycles. The van der Waals surface area contributed by atoms with Gasteiger partial charge in [-0.1, -0.05) is 17.7 Å². The van der Waals surface area contributed by atoms with Gasteiger partial charge in [0, 0.05) is 0 Å². The molecule has 16 heavy (non-hydrogen) atoms. The minimum atomic E-state index is -1.07. The first-order chi connectivity index (χ1) is 7.66. The number of hydrogen-bond acceptors (Lipinski definition) is 4. The summed E-state index contributed by atoms with van der Waals surface area (Å²) in [7, 11) is 0. The molecule has 0 bridgehead atoms. The number of aryl methyl sites for hydroxylation is 1. The number of carboxylic acids is 1. The van der Waals surface area contributed by atoms with Gasteiger partial charge < -0.3 is 9.84 Å². The molecule has 2 rings (SSSR count). The maximum absolute atomic E-state index is 10.8. The highest BCUT2D eigenvalue weighted by Gasteiger charge is 2.25. The second-order valence-corrected chi connectivity index (χ2v) is 3.36. The molecule has 0 spiro atoms. The van der Waals surface area contributed by atoms with E-state index in [0.717, 1.165) is 5.56 Å². The van der Waals surface area contributed by atoms with Crippen LogP contribution in [0, 0.1) is 6.92 Å². The molecule has 1 aromatic carbocycles. The van der Waals surface area contributed by atoms with E-state index in [1.165, 1.54) is 5.53 Å². The lowest BCUT2D eigenvalue weighted by molar-refractivity contribution is -0.742. The fourth-order valence-electron chi connectivity index (χ4n) is 1.28. The maximum Gasteiger partial charge on any atom is 0.363 e. The zero-order valence-electron chi connectivity index (χ0n) is 8.65. The first-order valence-corrected chi connectivity index (χ1v) is 4.73. The normalized spacial score (nSPS) is 14.3. The van der Waals surface area contributed by atoms with Crippen LogP contribution in [-0.4, -0.2) is 11.1 Å². The number of carbonyl (C=O) groups is 1. The summed E-state index contributed by atoms with van der Waals surface area (Å²) in [5.41, 5.74) is 7.77. The zero-order valence-corrected chi connectivity index (χ0v) is 8.65. The number of aliphatic carboxylic acids is 1. The lowest BCUT2D eigenvalue weighted by atomic mass is 10.2. The van der Waals surface area contributed by atoms with E-state index in [2.05, 4.69) is 10.9 Å². The number of ether oxygens (including phenoxy) is 1. The maximum atomic E-state index is 10.8. The van der Waals surface area contributed by atoms with Crippen molar-refractivity contribution in [3.63, 3.8) is 0 Å². The van der Waals surface area contributed by atoms with E-state index in [1.54, 1.807) is 12.1 Å². The molecule has 0 fully saturated rings. The van der Waals surface area contributed by atoms with Crippen LogP contribution in [0.1, 0.15) is 5.56 Å². The van der Waals surface area contributed by atoms with Gasteiger partial charge in [-0.2, -0.15) is 5.43 Å². The summed E-state index contributed by atoms with van der Waals surface area (Å²) >= 11 is 0. The summed E-state index contributed by atoms with van der Waals surface area (Å²) in [6.45, 7) is 1.97. The number of nitrogens with one attached hydrogen (secondary N) is 2. The van der Waals surface area contributed by atoms with Crippen molar-refractivity contribution in [2.24, 2.45) is 0 Å². The van der Waals surface area contributed by atoms with Crippen LogP contribution in [0.25, 0.3) is 0 Å². The van der Waals surface area contributed by atoms with E-state index in [-0.39, 0.29) is 11.6 Å². The van der Waals surface area contributed by atoms with Gasteiger partial charge in [-0.3, -0.25) is 0 Å². The fraction of sp³-hybridized carbons (Fsp3) is 0.100. The summed E-state index contributed by atoms with van der Waals surface area (Å²) in [5, 5.41) is 8.85. The molecule has 0 atom stereocenters. The van der Waals surface area contributed by atoms with Crippen molar-refractivity contribution in [1.82, 2.24) is 10.9 Å². The van der Waals surface area contributed by atoms with Gasteiger partial charge in [0.1, 0.15) is 5.75 Å². The number of nitrogens with two attached hydrogens (primary N) is 1. The van der Waals surface area contributed by atoms with E-state index >= 15 is 0 Å². The van der Waals surface area contributed by atoms with Gasteiger partial charge >= 0.3 is 5.97 Å². The van der Waals surface area contributed by atoms with Gasteiger partial charge in [0.2, 0.25) is 5.70 Å². The zero-order chi connectivity index (χ0) is 11.5. The van der Waals surface area contributed by atoms with Crippen molar-refractivity contribution in [2.75, 3.05) is 0 Å². The molecular weight excluding hydrogens is 210 g/mol. The van der Waals surface area contributed by atoms with Gasteiger partial charge in [0.05, 0.1) is 0 Å². The smallest absolute Gasteiger partial charge is 0.363 e. The van der Waals surface area contributed by atoms with Crippen LogP contribution >= 0.6 is 0 Å². The van der Waals surface area contributed by atoms with Crippen LogP contribution < -0.4 is 21.1 Å². The molecule has 6 heteroatoms. The molecule has 1 aliphatic heterocycles. The third kappa shape index (κ3) is 2.06. The van der Waals surface area contributed by atoms with Crippen LogP contribution in [0.3, 0.4) is 0 Å². The average molecular weight is 222 g/mol. The van der Waals surface area contributed by atoms with Crippen LogP contribution in [0.2, 0.25) is 0 Å². The van der Waals surface area contributed by atoms with Gasteiger partial charge in [-0.15, -0.1) is 5.53 Å². The summed E-state index contributed by atoms with van der Waals surface area (Å²) in [5.74, 6) is -0.288. The second-order valence-electron chi connectivity index (χ2n) is 3.36. The number of rotatable bonds is 3. The summed E-state index contributed by atoms with van der Waals surface area (Å²) in [6.07, 6.45) is 0. The lowest BCUT2D eigenvalue weighted by Gasteiger charge is -2.04. The molecule has 84 valence electrons. The Morgan fingerprint density at radius 3 is 2.62 bits per heavy atom. The Bertz CT molecular complexity index is 439. The second kappa shape index (κ2) is 4.11. The quantitative estimate of drug-likeness (QED) is 0.504. The standard InChI is InChI=1S/C10H11N3O3/c1-6-2-4-7(5-3-6)16-9-8(10(14)15)11-13-12-9/h2-5,11-13H,1H3,(H,14,15)/p+1. The predicted octanol–water partition coefficient (Wildman–Crippen LogP) is -0.786. The largest absolute Gasteiger partial charge is 0.476 e. The average Bonchev–Trinajstić information content (AvgIpc) is 2.69. The Balaban J connectivity index is 2.18. The van der Waals surface area contributed by atoms with Crippen LogP contribution in [0.15, 0.2) is 35.8 Å². The topological polar surface area (TPSA) is 87.2 Å². The fourth-order valence-corrected chi connectivity index (χ4v) is 1.28. The number of benzene rings is 1. The van der Waals surface area contributed by atoms with Crippen molar-refractivity contribution in [3.05, 3.63) is 41.4 Å². The first-order valence-electron chi connectivity index (χ1n) is 4.73. The van der Waals surface area contributed by atoms with Crippen molar-refractivity contribution in [1.29, 1.82) is 0 Å². The van der Waals surface area contributed by atoms with Gasteiger partial charge in [0.25, 0.3) is 5.88 Å². The van der Waals surface area contributed by atoms with Gasteiger partial charge in [-0.05, 0) is 19.1 Å². The molecular formula is C10H12N3O3+. The van der Waals surface area contributed by atoms with Crippen molar-refractivity contribution in [3.8, 4) is 5.75 Å². The molecule has 0 aliphatic carbocycles. The number of carboxylic acid groups (broad SMARTS) is 1. The molecule has 6 nitrogen and oxygen atoms in total. The van der Waals surface area contributed by atoms with Crippen molar-refractivity contribution >= 4 is 5.97 Å². The summed E-state index contributed by atoms with van der Waals surface area (Å²) in [6, 6.07) is 7.34. The van der Waals surface area contributed by atoms with Crippen molar-refractivity contribution in [2.45, 2.75) is 6.92 Å². The molecule has 0 unspecified atom stereocenters. The third-order valence-electron chi connectivity index (χ3n) is 2.10. The number of quaternary nitrogens is 1. The number of hydrogen-bond donors (Lipinski definition) is 4. The Labute approximate surface area is 91.9 Å². The molecule has 0 radical (unpaired) electrons. The minimum Gasteiger partial charge on any atom is -0.476 e. The highest BCUT2D eigenvalue weighted by molar-refractivity contribution is 5.86. The first kappa shape index (κ1) is 10.3. The van der Waals surface area contributed by atoms with Crippen molar-refractivity contribution < 1.29 is 20.2 Å². The Morgan fingerprint density at radius 1 is 1.31 bits per heavy atom. The molecule has 0 aromatic heterocycles. The Kier molecular flexibility index (Phi) is 2.65. The Morgan fingerprint density at radius 2 is 2.00 bits per heavy atom. The highest BCUT2D eigenvalue weighted by atomic mass is 16.5. The lowest BCUT2D eigenvalue weighted by Crippen LogP contribution is -2.97. The highest BCUT2D eigenvalue weighted by Crippen LogP contribution is 2.15. The predicted molar refractivity (Wildman–Crippen MR) is 54.7 cm³/mol. The molecule has 1 aliphatic rings. The molecule has 1 heterocycles. The van der Waals surface area contributed by atoms with Crippen LogP contribution in [-0.2, 0) is 4.79 Å². The third-order valence-corrected chi connectivity index (χ3v) is 2.10. The summed E-state index contributed by atoms with van der Waals surface area (Å²) < 4.78 is 5.40. The van der Waals surface area contributed by atoms with E-state index in [4.69, 9.17) is 9.84 Å². The Hall–Kier alpha value is -2.21. The van der Waals surface area contributed by atoms with Gasteiger partial charge in [-0.25, -0.2) is 10.2 Å². The molecule has 1 aromatic rings.